The summed E-state index contributed by atoms with van der Waals surface area (Å²) >= 11 is 0. The normalized spacial score (nSPS) is 22.2. The van der Waals surface area contributed by atoms with Gasteiger partial charge in [-0.3, -0.25) is 9.59 Å². The Morgan fingerprint density at radius 2 is 2.04 bits per heavy atom. The number of rotatable bonds is 2. The van der Waals surface area contributed by atoms with Gasteiger partial charge in [0.2, 0.25) is 0 Å². The molecule has 3 rings (SSSR count). The molecule has 0 aromatic carbocycles. The number of aryl methyl sites for hydroxylation is 1. The number of amides is 2. The van der Waals surface area contributed by atoms with Crippen molar-refractivity contribution in [2.75, 3.05) is 25.0 Å². The van der Waals surface area contributed by atoms with Crippen molar-refractivity contribution < 1.29 is 14.3 Å². The van der Waals surface area contributed by atoms with Crippen LogP contribution < -0.4 is 5.32 Å². The summed E-state index contributed by atoms with van der Waals surface area (Å²) in [6.07, 6.45) is 7.80. The lowest BCUT2D eigenvalue weighted by molar-refractivity contribution is -0.150. The third kappa shape index (κ3) is 4.12. The molecule has 1 aromatic rings. The van der Waals surface area contributed by atoms with E-state index in [1.165, 1.54) is 19.3 Å². The summed E-state index contributed by atoms with van der Waals surface area (Å²) in [5.74, 6) is -0.218. The minimum atomic E-state index is -0.629. The number of morpholine rings is 1. The zero-order valence-corrected chi connectivity index (χ0v) is 14.2. The topological polar surface area (TPSA) is 71.5 Å². The number of hydrogen-bond acceptors (Lipinski definition) is 4. The van der Waals surface area contributed by atoms with Gasteiger partial charge in [-0.15, -0.1) is 0 Å². The van der Waals surface area contributed by atoms with E-state index in [-0.39, 0.29) is 6.10 Å². The van der Waals surface area contributed by atoms with Crippen LogP contribution in [0.15, 0.2) is 18.3 Å². The summed E-state index contributed by atoms with van der Waals surface area (Å²) < 4.78 is 5.87. The molecule has 0 spiro atoms. The van der Waals surface area contributed by atoms with Crippen molar-refractivity contribution in [3.63, 3.8) is 0 Å². The van der Waals surface area contributed by atoms with Gasteiger partial charge in [-0.05, 0) is 37.3 Å². The van der Waals surface area contributed by atoms with Crippen LogP contribution in [0, 0.1) is 12.8 Å². The quantitative estimate of drug-likeness (QED) is 0.843. The monoisotopic (exact) mass is 331 g/mol. The molecule has 0 bridgehead atoms. The Hall–Kier alpha value is -1.95. The highest BCUT2D eigenvalue weighted by Gasteiger charge is 2.33. The zero-order chi connectivity index (χ0) is 16.9. The van der Waals surface area contributed by atoms with Gasteiger partial charge >= 0.3 is 11.8 Å². The number of ether oxygens (including phenoxy) is 1. The first kappa shape index (κ1) is 16.9. The number of anilines is 1. The standard InChI is InChI=1S/C18H25N3O3/c1-13-7-8-16(19-11-13)20-17(22)18(23)21-9-10-24-15(12-21)14-5-3-2-4-6-14/h7-8,11,14-15H,2-6,9-10,12H2,1H3,(H,19,20,22)/t15-/m0/s1. The molecule has 1 saturated carbocycles. The fraction of sp³-hybridized carbons (Fsp3) is 0.611. The maximum Gasteiger partial charge on any atom is 0.315 e. The first-order chi connectivity index (χ1) is 11.6. The number of carbonyl (C=O) groups excluding carboxylic acids is 2. The smallest absolute Gasteiger partial charge is 0.315 e. The largest absolute Gasteiger partial charge is 0.374 e. The van der Waals surface area contributed by atoms with Crippen molar-refractivity contribution in [2.45, 2.75) is 45.1 Å². The highest BCUT2D eigenvalue weighted by atomic mass is 16.5. The number of hydrogen-bond donors (Lipinski definition) is 1. The predicted octanol–water partition coefficient (Wildman–Crippen LogP) is 2.14. The van der Waals surface area contributed by atoms with Gasteiger partial charge in [-0.1, -0.05) is 25.3 Å². The summed E-state index contributed by atoms with van der Waals surface area (Å²) in [6, 6.07) is 3.55. The van der Waals surface area contributed by atoms with E-state index in [2.05, 4.69) is 10.3 Å². The molecule has 24 heavy (non-hydrogen) atoms. The first-order valence-electron chi connectivity index (χ1n) is 8.78. The molecule has 1 aliphatic heterocycles. The molecular weight excluding hydrogens is 306 g/mol. The van der Waals surface area contributed by atoms with Gasteiger partial charge in [0.15, 0.2) is 0 Å². The molecular formula is C18H25N3O3. The Morgan fingerprint density at radius 3 is 2.75 bits per heavy atom. The van der Waals surface area contributed by atoms with E-state index in [4.69, 9.17) is 4.74 Å². The predicted molar refractivity (Wildman–Crippen MR) is 90.5 cm³/mol. The number of pyridine rings is 1. The van der Waals surface area contributed by atoms with E-state index in [1.807, 2.05) is 13.0 Å². The molecule has 0 unspecified atom stereocenters. The van der Waals surface area contributed by atoms with E-state index in [0.29, 0.717) is 31.4 Å². The molecule has 2 heterocycles. The van der Waals surface area contributed by atoms with Crippen LogP contribution in [0.5, 0.6) is 0 Å². The van der Waals surface area contributed by atoms with Gasteiger partial charge in [0.25, 0.3) is 0 Å². The van der Waals surface area contributed by atoms with E-state index < -0.39 is 11.8 Å². The van der Waals surface area contributed by atoms with Crippen molar-refractivity contribution in [1.29, 1.82) is 0 Å². The van der Waals surface area contributed by atoms with Gasteiger partial charge in [0.1, 0.15) is 5.82 Å². The third-order valence-corrected chi connectivity index (χ3v) is 4.90. The maximum atomic E-state index is 12.4. The molecule has 1 saturated heterocycles. The van der Waals surface area contributed by atoms with Crippen LogP contribution in [0.1, 0.15) is 37.7 Å². The van der Waals surface area contributed by atoms with Crippen molar-refractivity contribution in [3.05, 3.63) is 23.9 Å². The SMILES string of the molecule is Cc1ccc(NC(=O)C(=O)N2CCO[C@H](C3CCCCC3)C2)nc1. The van der Waals surface area contributed by atoms with Gasteiger partial charge in [-0.2, -0.15) is 0 Å². The van der Waals surface area contributed by atoms with E-state index in [0.717, 1.165) is 18.4 Å². The Morgan fingerprint density at radius 1 is 1.25 bits per heavy atom. The summed E-state index contributed by atoms with van der Waals surface area (Å²) in [6.45, 7) is 3.40. The Labute approximate surface area is 142 Å². The van der Waals surface area contributed by atoms with Crippen LogP contribution in [0.4, 0.5) is 5.82 Å². The maximum absolute atomic E-state index is 12.4. The Bertz CT molecular complexity index is 582. The highest BCUT2D eigenvalue weighted by molar-refractivity contribution is 6.39. The second kappa shape index (κ2) is 7.75. The Kier molecular flexibility index (Phi) is 5.45. The van der Waals surface area contributed by atoms with Crippen LogP contribution >= 0.6 is 0 Å². The van der Waals surface area contributed by atoms with Crippen LogP contribution in [0.3, 0.4) is 0 Å². The summed E-state index contributed by atoms with van der Waals surface area (Å²) in [7, 11) is 0. The summed E-state index contributed by atoms with van der Waals surface area (Å²) in [5.41, 5.74) is 1.00. The molecule has 1 aromatic heterocycles. The van der Waals surface area contributed by atoms with Crippen molar-refractivity contribution in [3.8, 4) is 0 Å². The highest BCUT2D eigenvalue weighted by Crippen LogP contribution is 2.29. The second-order valence-electron chi connectivity index (χ2n) is 6.73. The van der Waals surface area contributed by atoms with Crippen molar-refractivity contribution in [1.82, 2.24) is 9.88 Å². The van der Waals surface area contributed by atoms with Crippen LogP contribution in [0.25, 0.3) is 0 Å². The van der Waals surface area contributed by atoms with E-state index >= 15 is 0 Å². The third-order valence-electron chi connectivity index (χ3n) is 4.90. The van der Waals surface area contributed by atoms with Gasteiger partial charge < -0.3 is 15.0 Å². The van der Waals surface area contributed by atoms with Crippen molar-refractivity contribution in [2.24, 2.45) is 5.92 Å². The first-order valence-corrected chi connectivity index (χ1v) is 8.78. The number of carbonyl (C=O) groups is 2. The molecule has 1 aliphatic carbocycles. The second-order valence-corrected chi connectivity index (χ2v) is 6.73. The average molecular weight is 331 g/mol. The lowest BCUT2D eigenvalue weighted by Crippen LogP contribution is -2.51. The fourth-order valence-electron chi connectivity index (χ4n) is 3.51. The molecule has 2 amide bonds. The molecule has 6 heteroatoms. The zero-order valence-electron chi connectivity index (χ0n) is 14.2. The van der Waals surface area contributed by atoms with E-state index in [9.17, 15) is 9.59 Å². The minimum absolute atomic E-state index is 0.0632. The lowest BCUT2D eigenvalue weighted by Gasteiger charge is -2.38. The van der Waals surface area contributed by atoms with Crippen LogP contribution in [-0.4, -0.2) is 47.5 Å². The number of nitrogens with one attached hydrogen (secondary N) is 1. The van der Waals surface area contributed by atoms with Gasteiger partial charge in [0.05, 0.1) is 12.7 Å². The molecule has 130 valence electrons. The number of aromatic nitrogens is 1. The lowest BCUT2D eigenvalue weighted by atomic mass is 9.84. The summed E-state index contributed by atoms with van der Waals surface area (Å²) in [5, 5.41) is 2.58. The molecule has 1 N–H and O–H groups in total. The molecule has 6 nitrogen and oxygen atoms in total. The average Bonchev–Trinajstić information content (AvgIpc) is 2.64. The Balaban J connectivity index is 1.57. The summed E-state index contributed by atoms with van der Waals surface area (Å²) in [4.78, 5) is 30.3. The molecule has 2 aliphatic rings. The number of nitrogens with zero attached hydrogens (tertiary/aromatic N) is 2. The molecule has 0 radical (unpaired) electrons. The van der Waals surface area contributed by atoms with Gasteiger partial charge in [-0.25, -0.2) is 4.98 Å². The van der Waals surface area contributed by atoms with E-state index in [1.54, 1.807) is 17.2 Å². The molecule has 2 fully saturated rings. The molecule has 1 atom stereocenters. The van der Waals surface area contributed by atoms with Crippen LogP contribution in [0.2, 0.25) is 0 Å². The minimum Gasteiger partial charge on any atom is -0.374 e. The van der Waals surface area contributed by atoms with Gasteiger partial charge in [0, 0.05) is 19.3 Å². The van der Waals surface area contributed by atoms with Crippen molar-refractivity contribution >= 4 is 17.6 Å². The van der Waals surface area contributed by atoms with Crippen LogP contribution in [-0.2, 0) is 14.3 Å². The fourth-order valence-corrected chi connectivity index (χ4v) is 3.51.